The molecule has 2 aliphatic rings. The lowest BCUT2D eigenvalue weighted by atomic mass is 10.1. The molecule has 2 aliphatic carbocycles. The molecule has 0 radical (unpaired) electrons. The lowest BCUT2D eigenvalue weighted by Gasteiger charge is -2.24. The van der Waals surface area contributed by atoms with Gasteiger partial charge in [-0.2, -0.15) is 0 Å². The molecule has 1 atom stereocenters. The number of hydrogen-bond acceptors (Lipinski definition) is 5. The van der Waals surface area contributed by atoms with E-state index in [0.29, 0.717) is 22.4 Å². The first kappa shape index (κ1) is 22.0. The summed E-state index contributed by atoms with van der Waals surface area (Å²) in [5.41, 5.74) is 2.49. The van der Waals surface area contributed by atoms with Crippen molar-refractivity contribution < 1.29 is 0 Å². The summed E-state index contributed by atoms with van der Waals surface area (Å²) < 4.78 is 4.25. The standard InChI is InChI=1S/C26H29N5O3/c1-16-5-9-19(10-6-16)30-24-23(25(33)31(26(30)34)20-13-14-20)21(15-22(32)29(24)4)27-17-7-11-18(12-8-17)28(2)3/h5-7,9-12,15,17,20,27H,8,13-14H2,1-4H3. The average Bonchev–Trinajstić information content (AvgIpc) is 3.63. The summed E-state index contributed by atoms with van der Waals surface area (Å²) in [5, 5.41) is 3.75. The first-order chi connectivity index (χ1) is 16.3. The highest BCUT2D eigenvalue weighted by Gasteiger charge is 2.31. The van der Waals surface area contributed by atoms with Gasteiger partial charge in [0.05, 0.1) is 11.4 Å². The van der Waals surface area contributed by atoms with Gasteiger partial charge in [0, 0.05) is 45.0 Å². The van der Waals surface area contributed by atoms with Crippen molar-refractivity contribution >= 4 is 16.7 Å². The molecular formula is C26H29N5O3. The number of likely N-dealkylation sites (N-methyl/N-ethyl adjacent to an activating group) is 1. The summed E-state index contributed by atoms with van der Waals surface area (Å²) in [4.78, 5) is 42.3. The summed E-state index contributed by atoms with van der Waals surface area (Å²) in [5.74, 6) is 0. The van der Waals surface area contributed by atoms with Gasteiger partial charge in [-0.25, -0.2) is 9.36 Å². The van der Waals surface area contributed by atoms with Crippen LogP contribution in [-0.2, 0) is 7.05 Å². The summed E-state index contributed by atoms with van der Waals surface area (Å²) in [6, 6.07) is 8.81. The number of aryl methyl sites for hydroxylation is 2. The van der Waals surface area contributed by atoms with Gasteiger partial charge in [0.2, 0.25) is 0 Å². The van der Waals surface area contributed by atoms with Crippen LogP contribution >= 0.6 is 0 Å². The van der Waals surface area contributed by atoms with Gasteiger partial charge in [0.25, 0.3) is 11.1 Å². The number of anilines is 1. The summed E-state index contributed by atoms with van der Waals surface area (Å²) >= 11 is 0. The number of nitrogens with one attached hydrogen (secondary N) is 1. The third kappa shape index (κ3) is 3.69. The molecule has 0 spiro atoms. The molecule has 1 unspecified atom stereocenters. The lowest BCUT2D eigenvalue weighted by molar-refractivity contribution is 0.522. The lowest BCUT2D eigenvalue weighted by Crippen LogP contribution is -2.41. The van der Waals surface area contributed by atoms with Crippen LogP contribution in [0.3, 0.4) is 0 Å². The molecule has 5 rings (SSSR count). The van der Waals surface area contributed by atoms with Crippen LogP contribution in [0.2, 0.25) is 0 Å². The Morgan fingerprint density at radius 2 is 1.76 bits per heavy atom. The zero-order valence-corrected chi connectivity index (χ0v) is 19.9. The van der Waals surface area contributed by atoms with Crippen molar-refractivity contribution in [2.45, 2.75) is 38.3 Å². The predicted octanol–water partition coefficient (Wildman–Crippen LogP) is 2.68. The maximum atomic E-state index is 13.7. The zero-order valence-electron chi connectivity index (χ0n) is 19.9. The number of nitrogens with zero attached hydrogens (tertiary/aromatic N) is 4. The zero-order chi connectivity index (χ0) is 24.1. The van der Waals surface area contributed by atoms with Crippen LogP contribution in [0.1, 0.15) is 30.9 Å². The van der Waals surface area contributed by atoms with Crippen LogP contribution in [0.25, 0.3) is 16.7 Å². The van der Waals surface area contributed by atoms with E-state index in [1.807, 2.05) is 62.3 Å². The number of hydrogen-bond donors (Lipinski definition) is 1. The molecule has 1 N–H and O–H groups in total. The summed E-state index contributed by atoms with van der Waals surface area (Å²) in [6.45, 7) is 1.97. The normalized spacial score (nSPS) is 17.6. The molecule has 1 saturated carbocycles. The SMILES string of the molecule is Cc1ccc(-n2c(=O)n(C3CC3)c(=O)c3c(NC4C=CC(N(C)C)=CC4)cc(=O)n(C)c32)cc1. The Labute approximate surface area is 197 Å². The van der Waals surface area contributed by atoms with Crippen molar-refractivity contribution in [1.82, 2.24) is 18.6 Å². The smallest absolute Gasteiger partial charge is 0.337 e. The van der Waals surface area contributed by atoms with Gasteiger partial charge in [-0.05, 0) is 44.4 Å². The maximum absolute atomic E-state index is 13.7. The fraction of sp³-hybridized carbons (Fsp3) is 0.346. The van der Waals surface area contributed by atoms with Crippen molar-refractivity contribution in [2.24, 2.45) is 7.05 Å². The minimum absolute atomic E-state index is 0.0764. The van der Waals surface area contributed by atoms with E-state index in [1.165, 1.54) is 19.8 Å². The number of benzene rings is 1. The number of aromatic nitrogens is 3. The quantitative estimate of drug-likeness (QED) is 0.635. The van der Waals surface area contributed by atoms with Gasteiger partial charge in [0.15, 0.2) is 0 Å². The monoisotopic (exact) mass is 459 g/mol. The molecule has 1 fully saturated rings. The molecule has 8 nitrogen and oxygen atoms in total. The fourth-order valence-corrected chi connectivity index (χ4v) is 4.51. The van der Waals surface area contributed by atoms with Crippen LogP contribution in [0.5, 0.6) is 0 Å². The predicted molar refractivity (Wildman–Crippen MR) is 135 cm³/mol. The van der Waals surface area contributed by atoms with Crippen LogP contribution in [0.15, 0.2) is 68.6 Å². The van der Waals surface area contributed by atoms with Crippen molar-refractivity contribution in [3.63, 3.8) is 0 Å². The van der Waals surface area contributed by atoms with E-state index in [-0.39, 0.29) is 23.2 Å². The number of pyridine rings is 1. The Bertz CT molecular complexity index is 1520. The molecule has 2 heterocycles. The van der Waals surface area contributed by atoms with Crippen LogP contribution < -0.4 is 22.1 Å². The molecular weight excluding hydrogens is 430 g/mol. The van der Waals surface area contributed by atoms with Gasteiger partial charge in [-0.15, -0.1) is 0 Å². The highest BCUT2D eigenvalue weighted by Crippen LogP contribution is 2.33. The second-order valence-corrected chi connectivity index (χ2v) is 9.38. The van der Waals surface area contributed by atoms with Gasteiger partial charge in [-0.1, -0.05) is 29.8 Å². The molecule has 0 aliphatic heterocycles. The molecule has 0 bridgehead atoms. The molecule has 1 aromatic carbocycles. The highest BCUT2D eigenvalue weighted by atomic mass is 16.2. The van der Waals surface area contributed by atoms with Crippen molar-refractivity contribution in [2.75, 3.05) is 19.4 Å². The largest absolute Gasteiger partial charge is 0.378 e. The van der Waals surface area contributed by atoms with Gasteiger partial charge in [0.1, 0.15) is 11.0 Å². The number of fused-ring (bicyclic) bond motifs is 1. The van der Waals surface area contributed by atoms with E-state index in [9.17, 15) is 14.4 Å². The Morgan fingerprint density at radius 3 is 2.35 bits per heavy atom. The van der Waals surface area contributed by atoms with E-state index < -0.39 is 5.69 Å². The van der Waals surface area contributed by atoms with Crippen LogP contribution in [-0.4, -0.2) is 38.7 Å². The molecule has 0 amide bonds. The molecule has 2 aromatic heterocycles. The van der Waals surface area contributed by atoms with Crippen molar-refractivity contribution in [1.29, 1.82) is 0 Å². The highest BCUT2D eigenvalue weighted by molar-refractivity contribution is 5.89. The third-order valence-corrected chi connectivity index (χ3v) is 6.59. The van der Waals surface area contributed by atoms with Gasteiger partial charge in [-0.3, -0.25) is 18.7 Å². The Balaban J connectivity index is 1.76. The van der Waals surface area contributed by atoms with Gasteiger partial charge >= 0.3 is 5.69 Å². The van der Waals surface area contributed by atoms with Gasteiger partial charge < -0.3 is 10.2 Å². The number of rotatable bonds is 5. The molecule has 3 aromatic rings. The fourth-order valence-electron chi connectivity index (χ4n) is 4.51. The van der Waals surface area contributed by atoms with E-state index in [2.05, 4.69) is 11.4 Å². The van der Waals surface area contributed by atoms with E-state index in [1.54, 1.807) is 7.05 Å². The second kappa shape index (κ2) is 8.20. The Hall–Kier alpha value is -3.81. The van der Waals surface area contributed by atoms with E-state index >= 15 is 0 Å². The number of allylic oxidation sites excluding steroid dienone is 1. The van der Waals surface area contributed by atoms with E-state index in [0.717, 1.165) is 30.5 Å². The van der Waals surface area contributed by atoms with E-state index in [4.69, 9.17) is 0 Å². The summed E-state index contributed by atoms with van der Waals surface area (Å²) in [7, 11) is 5.58. The Kier molecular flexibility index (Phi) is 5.31. The Morgan fingerprint density at radius 1 is 1.06 bits per heavy atom. The van der Waals surface area contributed by atoms with Crippen molar-refractivity contribution in [3.05, 3.63) is 91.0 Å². The minimum Gasteiger partial charge on any atom is -0.378 e. The van der Waals surface area contributed by atoms with Crippen LogP contribution in [0.4, 0.5) is 5.69 Å². The summed E-state index contributed by atoms with van der Waals surface area (Å²) in [6.07, 6.45) is 8.49. The molecule has 0 saturated heterocycles. The molecule has 8 heteroatoms. The van der Waals surface area contributed by atoms with Crippen LogP contribution in [0, 0.1) is 6.92 Å². The molecule has 34 heavy (non-hydrogen) atoms. The second-order valence-electron chi connectivity index (χ2n) is 9.38. The first-order valence-electron chi connectivity index (χ1n) is 11.6. The minimum atomic E-state index is -0.410. The topological polar surface area (TPSA) is 81.3 Å². The average molecular weight is 460 g/mol. The van der Waals surface area contributed by atoms with Crippen molar-refractivity contribution in [3.8, 4) is 5.69 Å². The maximum Gasteiger partial charge on any atom is 0.337 e. The molecule has 176 valence electrons. The first-order valence-corrected chi connectivity index (χ1v) is 11.6. The third-order valence-electron chi connectivity index (χ3n) is 6.59.